The molecule has 0 aliphatic heterocycles. The molecule has 3 aromatic rings. The van der Waals surface area contributed by atoms with Crippen LogP contribution in [-0.4, -0.2) is 43.6 Å². The number of amides is 1. The number of carbonyl (C=O) groups is 1. The summed E-state index contributed by atoms with van der Waals surface area (Å²) in [7, 11) is 4.62. The number of pyridine rings is 1. The van der Waals surface area contributed by atoms with E-state index in [0.29, 0.717) is 40.5 Å². The molecule has 1 atom stereocenters. The lowest BCUT2D eigenvalue weighted by molar-refractivity contribution is -0.763. The first kappa shape index (κ1) is 27.7. The first-order chi connectivity index (χ1) is 18.8. The highest BCUT2D eigenvalue weighted by molar-refractivity contribution is 7.98. The summed E-state index contributed by atoms with van der Waals surface area (Å²) in [5.41, 5.74) is 3.16. The number of rotatable bonds is 9. The van der Waals surface area contributed by atoms with Gasteiger partial charge in [-0.05, 0) is 66.1 Å². The minimum absolute atomic E-state index is 0.0659. The maximum absolute atomic E-state index is 13.3. The second-order valence-corrected chi connectivity index (χ2v) is 9.37. The minimum Gasteiger partial charge on any atom is -0.493 e. The van der Waals surface area contributed by atoms with Crippen LogP contribution in [0.25, 0.3) is 11.1 Å². The standard InChI is InChI=1S/C27H27N3O8S/c1-35-23-13-18-16-9-11-24(39-4)22(31)12-19(16)20(10-8-17(18)25(36-2)26(23)37-3)29-27(32)21-7-5-6-15(28-21)14-38-30(33)34/h5-7,9,11-13,20H,8,10,14H2,1-4H3,(H,29,32)/t20-/m0/s1. The second kappa shape index (κ2) is 12.0. The van der Waals surface area contributed by atoms with Gasteiger partial charge in [0.25, 0.3) is 11.0 Å². The summed E-state index contributed by atoms with van der Waals surface area (Å²) in [6, 6.07) is 11.1. The van der Waals surface area contributed by atoms with E-state index in [1.165, 1.54) is 38.1 Å². The van der Waals surface area contributed by atoms with E-state index < -0.39 is 17.0 Å². The Morgan fingerprint density at radius 3 is 2.54 bits per heavy atom. The van der Waals surface area contributed by atoms with Crippen molar-refractivity contribution in [2.75, 3.05) is 27.6 Å². The Bertz CT molecular complexity index is 1480. The zero-order valence-corrected chi connectivity index (χ0v) is 22.6. The fourth-order valence-corrected chi connectivity index (χ4v) is 5.13. The van der Waals surface area contributed by atoms with Crippen LogP contribution in [0.15, 0.2) is 52.2 Å². The number of nitrogens with one attached hydrogen (secondary N) is 1. The van der Waals surface area contributed by atoms with E-state index in [4.69, 9.17) is 14.2 Å². The predicted molar refractivity (Wildman–Crippen MR) is 144 cm³/mol. The Labute approximate surface area is 228 Å². The van der Waals surface area contributed by atoms with Crippen LogP contribution in [0.2, 0.25) is 0 Å². The summed E-state index contributed by atoms with van der Waals surface area (Å²) in [5, 5.41) is 12.6. The average Bonchev–Trinajstić information content (AvgIpc) is 3.19. The lowest BCUT2D eigenvalue weighted by Gasteiger charge is -2.19. The number of hydrogen-bond acceptors (Lipinski definition) is 10. The Kier molecular flexibility index (Phi) is 8.55. The minimum atomic E-state index is -0.920. The van der Waals surface area contributed by atoms with Crippen molar-refractivity contribution in [1.29, 1.82) is 0 Å². The van der Waals surface area contributed by atoms with Crippen LogP contribution in [0.4, 0.5) is 0 Å². The highest BCUT2D eigenvalue weighted by atomic mass is 32.2. The SMILES string of the molecule is COc1cc2c(c(OC)c1OC)CC[C@H](NC(=O)c1cccc(CO[N+](=O)[O-])n1)c1cc(=O)c(SC)ccc1-2. The van der Waals surface area contributed by atoms with Crippen molar-refractivity contribution in [3.8, 4) is 28.4 Å². The first-order valence-corrected chi connectivity index (χ1v) is 13.1. The monoisotopic (exact) mass is 553 g/mol. The summed E-state index contributed by atoms with van der Waals surface area (Å²) < 4.78 is 16.9. The fourth-order valence-electron chi connectivity index (χ4n) is 4.67. The quantitative estimate of drug-likeness (QED) is 0.235. The van der Waals surface area contributed by atoms with Gasteiger partial charge >= 0.3 is 0 Å². The van der Waals surface area contributed by atoms with E-state index in [9.17, 15) is 19.7 Å². The molecule has 204 valence electrons. The second-order valence-electron chi connectivity index (χ2n) is 8.53. The molecule has 0 spiro atoms. The van der Waals surface area contributed by atoms with Crippen LogP contribution < -0.4 is 25.0 Å². The third-order valence-electron chi connectivity index (χ3n) is 6.41. The van der Waals surface area contributed by atoms with Gasteiger partial charge in [0.05, 0.1) is 38.0 Å². The molecule has 1 N–H and O–H groups in total. The fraction of sp³-hybridized carbons (Fsp3) is 0.296. The summed E-state index contributed by atoms with van der Waals surface area (Å²) in [6.45, 7) is -0.383. The lowest BCUT2D eigenvalue weighted by atomic mass is 9.96. The van der Waals surface area contributed by atoms with Gasteiger partial charge in [0.2, 0.25) is 5.75 Å². The molecule has 1 amide bonds. The third kappa shape index (κ3) is 5.75. The van der Waals surface area contributed by atoms with Gasteiger partial charge in [0.1, 0.15) is 12.3 Å². The molecule has 0 saturated heterocycles. The first-order valence-electron chi connectivity index (χ1n) is 11.9. The third-order valence-corrected chi connectivity index (χ3v) is 7.18. The normalized spacial score (nSPS) is 13.8. The van der Waals surface area contributed by atoms with Crippen LogP contribution >= 0.6 is 11.8 Å². The summed E-state index contributed by atoms with van der Waals surface area (Å²) in [5.74, 6) is 0.948. The number of benzene rings is 1. The van der Waals surface area contributed by atoms with Crippen LogP contribution in [0.3, 0.4) is 0 Å². The number of methoxy groups -OCH3 is 3. The van der Waals surface area contributed by atoms with Gasteiger partial charge in [-0.25, -0.2) is 4.98 Å². The summed E-state index contributed by atoms with van der Waals surface area (Å²) in [6.07, 6.45) is 2.77. The van der Waals surface area contributed by atoms with Gasteiger partial charge < -0.3 is 24.4 Å². The molecule has 1 heterocycles. The van der Waals surface area contributed by atoms with Crippen molar-refractivity contribution >= 4 is 17.7 Å². The smallest absolute Gasteiger partial charge is 0.294 e. The Morgan fingerprint density at radius 1 is 1.10 bits per heavy atom. The molecular formula is C27H27N3O8S. The highest BCUT2D eigenvalue weighted by Crippen LogP contribution is 2.49. The van der Waals surface area contributed by atoms with E-state index >= 15 is 0 Å². The van der Waals surface area contributed by atoms with Gasteiger partial charge in [-0.2, -0.15) is 0 Å². The average molecular weight is 554 g/mol. The van der Waals surface area contributed by atoms with Crippen molar-refractivity contribution < 1.29 is 28.9 Å². The molecule has 1 aliphatic carbocycles. The van der Waals surface area contributed by atoms with Gasteiger partial charge in [0.15, 0.2) is 16.9 Å². The molecule has 2 aromatic carbocycles. The molecule has 11 nitrogen and oxygen atoms in total. The van der Waals surface area contributed by atoms with Crippen molar-refractivity contribution in [3.63, 3.8) is 0 Å². The number of aromatic nitrogens is 1. The van der Waals surface area contributed by atoms with Crippen LogP contribution in [0, 0.1) is 10.1 Å². The van der Waals surface area contributed by atoms with E-state index in [-0.39, 0.29) is 23.4 Å². The molecule has 0 unspecified atom stereocenters. The topological polar surface area (TPSA) is 139 Å². The Balaban J connectivity index is 1.82. The molecule has 0 radical (unpaired) electrons. The van der Waals surface area contributed by atoms with Crippen molar-refractivity contribution in [2.45, 2.75) is 30.4 Å². The predicted octanol–water partition coefficient (Wildman–Crippen LogP) is 3.98. The molecule has 39 heavy (non-hydrogen) atoms. The number of ether oxygens (including phenoxy) is 3. The zero-order valence-electron chi connectivity index (χ0n) is 21.8. The Hall–Kier alpha value is -4.32. The van der Waals surface area contributed by atoms with Crippen molar-refractivity contribution in [3.05, 3.63) is 85.3 Å². The number of fused-ring (bicyclic) bond motifs is 3. The largest absolute Gasteiger partial charge is 0.493 e. The van der Waals surface area contributed by atoms with Crippen molar-refractivity contribution in [1.82, 2.24) is 10.3 Å². The van der Waals surface area contributed by atoms with Crippen LogP contribution in [-0.2, 0) is 17.9 Å². The molecular weight excluding hydrogens is 526 g/mol. The molecule has 12 heteroatoms. The number of nitrogens with zero attached hydrogens (tertiary/aromatic N) is 2. The molecule has 1 aliphatic rings. The summed E-state index contributed by atoms with van der Waals surface area (Å²) in [4.78, 5) is 46.1. The maximum Gasteiger partial charge on any atom is 0.294 e. The van der Waals surface area contributed by atoms with E-state index in [2.05, 4.69) is 15.1 Å². The molecule has 4 rings (SSSR count). The highest BCUT2D eigenvalue weighted by Gasteiger charge is 2.29. The number of carbonyl (C=O) groups excluding carboxylic acids is 1. The van der Waals surface area contributed by atoms with Gasteiger partial charge in [0, 0.05) is 5.56 Å². The van der Waals surface area contributed by atoms with E-state index in [1.54, 1.807) is 25.3 Å². The van der Waals surface area contributed by atoms with Crippen molar-refractivity contribution in [2.24, 2.45) is 0 Å². The van der Waals surface area contributed by atoms with Crippen LogP contribution in [0.5, 0.6) is 17.2 Å². The maximum atomic E-state index is 13.3. The molecule has 0 fully saturated rings. The Morgan fingerprint density at radius 2 is 1.87 bits per heavy atom. The van der Waals surface area contributed by atoms with E-state index in [0.717, 1.165) is 16.7 Å². The number of hydrogen-bond donors (Lipinski definition) is 1. The molecule has 0 saturated carbocycles. The zero-order chi connectivity index (χ0) is 28.1. The summed E-state index contributed by atoms with van der Waals surface area (Å²) >= 11 is 1.34. The van der Waals surface area contributed by atoms with Gasteiger partial charge in [-0.3, -0.25) is 9.59 Å². The van der Waals surface area contributed by atoms with Crippen LogP contribution in [0.1, 0.15) is 39.8 Å². The number of thioether (sulfide) groups is 1. The molecule has 1 aromatic heterocycles. The van der Waals surface area contributed by atoms with E-state index in [1.807, 2.05) is 18.4 Å². The lowest BCUT2D eigenvalue weighted by Crippen LogP contribution is -2.30. The van der Waals surface area contributed by atoms with Gasteiger partial charge in [-0.1, -0.05) is 12.1 Å². The molecule has 0 bridgehead atoms. The van der Waals surface area contributed by atoms with Gasteiger partial charge in [-0.15, -0.1) is 21.9 Å².